The number of anilines is 1. The van der Waals surface area contributed by atoms with Gasteiger partial charge >= 0.3 is 7.60 Å². The predicted molar refractivity (Wildman–Crippen MR) is 68.1 cm³/mol. The van der Waals surface area contributed by atoms with Crippen molar-refractivity contribution in [1.29, 1.82) is 0 Å². The third-order valence-corrected chi connectivity index (χ3v) is 3.86. The normalized spacial score (nSPS) is 26.9. The molecular formula is C9H12N5O5P. The van der Waals surface area contributed by atoms with Gasteiger partial charge in [-0.25, -0.2) is 4.98 Å². The topological polar surface area (TPSA) is 145 Å². The van der Waals surface area contributed by atoms with Gasteiger partial charge in [-0.3, -0.25) is 14.3 Å². The predicted octanol–water partition coefficient (Wildman–Crippen LogP) is -0.740. The van der Waals surface area contributed by atoms with E-state index in [2.05, 4.69) is 15.0 Å². The summed E-state index contributed by atoms with van der Waals surface area (Å²) in [5, 5.41) is 0. The van der Waals surface area contributed by atoms with Crippen LogP contribution in [0.1, 0.15) is 0 Å². The first-order valence-corrected chi connectivity index (χ1v) is 7.49. The van der Waals surface area contributed by atoms with Crippen molar-refractivity contribution in [2.75, 3.05) is 18.7 Å². The number of fused-ring (bicyclic) bond motifs is 1. The first-order chi connectivity index (χ1) is 9.44. The molecule has 108 valence electrons. The minimum absolute atomic E-state index is 0.00933. The van der Waals surface area contributed by atoms with Crippen molar-refractivity contribution in [3.63, 3.8) is 0 Å². The Labute approximate surface area is 112 Å². The molecule has 3 heterocycles. The van der Waals surface area contributed by atoms with E-state index in [1.165, 1.54) is 6.33 Å². The van der Waals surface area contributed by atoms with Crippen LogP contribution in [0.2, 0.25) is 0 Å². The van der Waals surface area contributed by atoms with Gasteiger partial charge in [-0.15, -0.1) is 0 Å². The van der Waals surface area contributed by atoms with Gasteiger partial charge in [-0.1, -0.05) is 0 Å². The summed E-state index contributed by atoms with van der Waals surface area (Å²) in [4.78, 5) is 31.1. The smallest absolute Gasteiger partial charge is 0.353 e. The highest BCUT2D eigenvalue weighted by Gasteiger charge is 2.30. The molecule has 2 aromatic rings. The molecular weight excluding hydrogens is 289 g/mol. The summed E-state index contributed by atoms with van der Waals surface area (Å²) in [5.74, 6) is -0.00933. The highest BCUT2D eigenvalue weighted by Crippen LogP contribution is 2.45. The number of nitrogens with one attached hydrogen (secondary N) is 1. The van der Waals surface area contributed by atoms with Crippen LogP contribution in [-0.4, -0.2) is 43.5 Å². The molecule has 1 aliphatic rings. The molecule has 0 amide bonds. The lowest BCUT2D eigenvalue weighted by Crippen LogP contribution is -2.30. The van der Waals surface area contributed by atoms with E-state index < -0.39 is 19.3 Å². The van der Waals surface area contributed by atoms with Gasteiger partial charge in [0.1, 0.15) is 12.5 Å². The lowest BCUT2D eigenvalue weighted by atomic mass is 10.3. The van der Waals surface area contributed by atoms with Crippen LogP contribution in [0.15, 0.2) is 11.1 Å². The van der Waals surface area contributed by atoms with Crippen LogP contribution >= 0.6 is 7.60 Å². The Kier molecular flexibility index (Phi) is 3.09. The van der Waals surface area contributed by atoms with Gasteiger partial charge < -0.3 is 24.5 Å². The number of nitrogens with zero attached hydrogens (tertiary/aromatic N) is 3. The number of rotatable bonds is 2. The first-order valence-electron chi connectivity index (χ1n) is 5.73. The Bertz CT molecular complexity index is 743. The lowest BCUT2D eigenvalue weighted by molar-refractivity contribution is -0.00744. The molecule has 20 heavy (non-hydrogen) atoms. The number of imidazole rings is 1. The van der Waals surface area contributed by atoms with Crippen LogP contribution in [0.4, 0.5) is 5.95 Å². The zero-order valence-corrected chi connectivity index (χ0v) is 11.1. The number of ether oxygens (including phenoxy) is 1. The van der Waals surface area contributed by atoms with Crippen LogP contribution in [0.3, 0.4) is 0 Å². The van der Waals surface area contributed by atoms with Gasteiger partial charge in [0.05, 0.1) is 19.5 Å². The number of aromatic nitrogens is 4. The Hall–Kier alpha value is -1.74. The van der Waals surface area contributed by atoms with Gasteiger partial charge in [0, 0.05) is 0 Å². The fourth-order valence-corrected chi connectivity index (χ4v) is 2.79. The standard InChI is InChI=1S/C9H12N5O5P/c10-9-12-7-6(8(15)13-9)11-3-14(7)1-5-2-19-20(16,17)4-18-5/h3,5H,1-2,4H2,(H,16,17)(H3,10,12,13,15)/t5-/m1/s1. The van der Waals surface area contributed by atoms with Gasteiger partial charge in [-0.2, -0.15) is 4.98 Å². The maximum Gasteiger partial charge on any atom is 0.353 e. The number of aromatic amines is 1. The number of nitrogen functional groups attached to an aromatic ring is 1. The first kappa shape index (κ1) is 13.3. The lowest BCUT2D eigenvalue weighted by Gasteiger charge is -2.26. The highest BCUT2D eigenvalue weighted by molar-refractivity contribution is 7.52. The van der Waals surface area contributed by atoms with Crippen LogP contribution in [0.5, 0.6) is 0 Å². The molecule has 0 aliphatic carbocycles. The fraction of sp³-hybridized carbons (Fsp3) is 0.444. The van der Waals surface area contributed by atoms with Crippen molar-refractivity contribution >= 4 is 24.7 Å². The maximum absolute atomic E-state index is 11.6. The molecule has 0 spiro atoms. The second-order valence-electron chi connectivity index (χ2n) is 4.37. The molecule has 3 rings (SSSR count). The Balaban J connectivity index is 1.85. The average molecular weight is 301 g/mol. The van der Waals surface area contributed by atoms with E-state index in [-0.39, 0.29) is 31.0 Å². The van der Waals surface area contributed by atoms with E-state index in [0.29, 0.717) is 5.65 Å². The van der Waals surface area contributed by atoms with E-state index >= 15 is 0 Å². The number of nitrogens with two attached hydrogens (primary N) is 1. The molecule has 10 nitrogen and oxygen atoms in total. The quantitative estimate of drug-likeness (QED) is 0.615. The zero-order valence-electron chi connectivity index (χ0n) is 10.2. The van der Waals surface area contributed by atoms with Crippen LogP contribution < -0.4 is 11.3 Å². The summed E-state index contributed by atoms with van der Waals surface area (Å²) in [6.45, 7) is 0.262. The third-order valence-electron chi connectivity index (χ3n) is 2.83. The third kappa shape index (κ3) is 2.46. The Morgan fingerprint density at radius 1 is 1.65 bits per heavy atom. The number of H-pyrrole nitrogens is 1. The molecule has 1 aliphatic heterocycles. The molecule has 11 heteroatoms. The molecule has 0 aromatic carbocycles. The Morgan fingerprint density at radius 3 is 3.15 bits per heavy atom. The number of hydrogen-bond acceptors (Lipinski definition) is 7. The van der Waals surface area contributed by atoms with Gasteiger partial charge in [0.15, 0.2) is 11.2 Å². The summed E-state index contributed by atoms with van der Waals surface area (Å²) in [6.07, 6.45) is 0.646. The molecule has 0 saturated carbocycles. The SMILES string of the molecule is Nc1nc2c(ncn2C[C@@H]2COP(=O)(O)CO2)c(=O)[nH]1. The Morgan fingerprint density at radius 2 is 2.45 bits per heavy atom. The largest absolute Gasteiger partial charge is 0.369 e. The molecule has 2 aromatic heterocycles. The van der Waals surface area contributed by atoms with Crippen LogP contribution in [0.25, 0.3) is 11.2 Å². The van der Waals surface area contributed by atoms with Crippen molar-refractivity contribution in [2.24, 2.45) is 0 Å². The van der Waals surface area contributed by atoms with E-state index in [1.807, 2.05) is 0 Å². The molecule has 1 fully saturated rings. The van der Waals surface area contributed by atoms with Crippen molar-refractivity contribution in [3.05, 3.63) is 16.7 Å². The zero-order chi connectivity index (χ0) is 14.3. The monoisotopic (exact) mass is 301 g/mol. The minimum Gasteiger partial charge on any atom is -0.369 e. The molecule has 0 radical (unpaired) electrons. The van der Waals surface area contributed by atoms with Crippen LogP contribution in [0, 0.1) is 0 Å². The van der Waals surface area contributed by atoms with Gasteiger partial charge in [0.2, 0.25) is 5.95 Å². The van der Waals surface area contributed by atoms with E-state index in [9.17, 15) is 14.3 Å². The molecule has 2 atom stereocenters. The van der Waals surface area contributed by atoms with Gasteiger partial charge in [-0.05, 0) is 0 Å². The summed E-state index contributed by atoms with van der Waals surface area (Å²) in [6, 6.07) is 0. The van der Waals surface area contributed by atoms with Gasteiger partial charge in [0.25, 0.3) is 5.56 Å². The second-order valence-corrected chi connectivity index (χ2v) is 6.16. The van der Waals surface area contributed by atoms with Crippen molar-refractivity contribution in [1.82, 2.24) is 19.5 Å². The second kappa shape index (κ2) is 4.67. The minimum atomic E-state index is -3.62. The van der Waals surface area contributed by atoms with Crippen molar-refractivity contribution in [3.8, 4) is 0 Å². The molecule has 4 N–H and O–H groups in total. The average Bonchev–Trinajstić information content (AvgIpc) is 2.75. The summed E-state index contributed by atoms with van der Waals surface area (Å²) in [7, 11) is -3.62. The molecule has 1 unspecified atom stereocenters. The van der Waals surface area contributed by atoms with E-state index in [4.69, 9.17) is 15.0 Å². The summed E-state index contributed by atoms with van der Waals surface area (Å²) >= 11 is 0. The van der Waals surface area contributed by atoms with E-state index in [1.54, 1.807) is 4.57 Å². The fourth-order valence-electron chi connectivity index (χ4n) is 1.91. The molecule has 1 saturated heterocycles. The number of hydrogen-bond donors (Lipinski definition) is 3. The summed E-state index contributed by atoms with van der Waals surface area (Å²) < 4.78 is 22.9. The van der Waals surface area contributed by atoms with Crippen LogP contribution in [-0.2, 0) is 20.4 Å². The summed E-state index contributed by atoms with van der Waals surface area (Å²) in [5.41, 5.74) is 5.56. The van der Waals surface area contributed by atoms with Crippen molar-refractivity contribution < 1.29 is 18.7 Å². The molecule has 0 bridgehead atoms. The van der Waals surface area contributed by atoms with Crippen molar-refractivity contribution in [2.45, 2.75) is 12.6 Å². The maximum atomic E-state index is 11.6. The highest BCUT2D eigenvalue weighted by atomic mass is 31.2. The van der Waals surface area contributed by atoms with E-state index in [0.717, 1.165) is 0 Å².